The second-order valence-corrected chi connectivity index (χ2v) is 9.00. The van der Waals surface area contributed by atoms with Crippen molar-refractivity contribution in [2.45, 2.75) is 25.3 Å². The lowest BCUT2D eigenvalue weighted by molar-refractivity contribution is 0.0950. The highest BCUT2D eigenvalue weighted by Gasteiger charge is 2.21. The Bertz CT molecular complexity index is 1090. The van der Waals surface area contributed by atoms with E-state index in [4.69, 9.17) is 0 Å². The molecule has 9 heteroatoms. The highest BCUT2D eigenvalue weighted by Crippen LogP contribution is 2.16. The first-order chi connectivity index (χ1) is 13.3. The van der Waals surface area contributed by atoms with Gasteiger partial charge in [0.2, 0.25) is 10.0 Å². The maximum atomic E-state index is 12.5. The van der Waals surface area contributed by atoms with Gasteiger partial charge in [-0.1, -0.05) is 13.8 Å². The normalized spacial score (nSPS) is 11.9. The number of halogens is 1. The van der Waals surface area contributed by atoms with E-state index >= 15 is 0 Å². The van der Waals surface area contributed by atoms with Crippen LogP contribution in [0.25, 0.3) is 5.65 Å². The number of aromatic nitrogens is 2. The van der Waals surface area contributed by atoms with Gasteiger partial charge in [-0.3, -0.25) is 4.79 Å². The van der Waals surface area contributed by atoms with Crippen LogP contribution in [0.15, 0.2) is 58.2 Å². The average Bonchev–Trinajstić information content (AvgIpc) is 3.09. The van der Waals surface area contributed by atoms with Crippen LogP contribution in [0.5, 0.6) is 0 Å². The Kier molecular flexibility index (Phi) is 6.17. The first-order valence-corrected chi connectivity index (χ1v) is 11.1. The summed E-state index contributed by atoms with van der Waals surface area (Å²) in [7, 11) is -3.53. The van der Waals surface area contributed by atoms with Crippen molar-refractivity contribution in [3.05, 3.63) is 64.5 Å². The Morgan fingerprint density at radius 1 is 1.11 bits per heavy atom. The van der Waals surface area contributed by atoms with Gasteiger partial charge in [-0.25, -0.2) is 13.4 Å². The summed E-state index contributed by atoms with van der Waals surface area (Å²) in [6.07, 6.45) is 3.74. The van der Waals surface area contributed by atoms with Crippen molar-refractivity contribution in [3.8, 4) is 0 Å². The van der Waals surface area contributed by atoms with Gasteiger partial charge in [-0.05, 0) is 52.3 Å². The third kappa shape index (κ3) is 4.26. The number of sulfonamides is 1. The maximum Gasteiger partial charge on any atom is 0.251 e. The smallest absolute Gasteiger partial charge is 0.251 e. The number of fused-ring (bicyclic) bond motifs is 1. The summed E-state index contributed by atoms with van der Waals surface area (Å²) in [5, 5.41) is 2.81. The third-order valence-corrected chi connectivity index (χ3v) is 6.89. The van der Waals surface area contributed by atoms with Gasteiger partial charge < -0.3 is 9.72 Å². The van der Waals surface area contributed by atoms with Gasteiger partial charge in [0.05, 0.1) is 17.1 Å². The fourth-order valence-corrected chi connectivity index (χ4v) is 4.68. The number of nitrogens with one attached hydrogen (secondary N) is 1. The molecule has 1 N–H and O–H groups in total. The molecule has 0 aliphatic rings. The standard InChI is InChI=1S/C19H21BrN4O3S/c1-3-24(4-2)28(26,27)17-8-5-14(6-9-17)19(25)21-11-16-13-23-12-15(20)7-10-18(23)22-16/h5-10,12-13H,3-4,11H2,1-2H3,(H,21,25). The lowest BCUT2D eigenvalue weighted by Gasteiger charge is -2.18. The van der Waals surface area contributed by atoms with E-state index in [1.165, 1.54) is 28.6 Å². The van der Waals surface area contributed by atoms with E-state index in [-0.39, 0.29) is 17.3 Å². The Labute approximate surface area is 172 Å². The molecule has 0 fully saturated rings. The zero-order chi connectivity index (χ0) is 20.3. The molecule has 2 heterocycles. The highest BCUT2D eigenvalue weighted by molar-refractivity contribution is 9.10. The van der Waals surface area contributed by atoms with E-state index in [0.717, 1.165) is 15.8 Å². The quantitative estimate of drug-likeness (QED) is 0.582. The van der Waals surface area contributed by atoms with E-state index in [9.17, 15) is 13.2 Å². The summed E-state index contributed by atoms with van der Waals surface area (Å²) in [6.45, 7) is 4.66. The van der Waals surface area contributed by atoms with Crippen molar-refractivity contribution >= 4 is 37.5 Å². The maximum absolute atomic E-state index is 12.5. The number of nitrogens with zero attached hydrogens (tertiary/aromatic N) is 3. The molecule has 0 atom stereocenters. The van der Waals surface area contributed by atoms with Gasteiger partial charge in [0, 0.05) is 35.5 Å². The van der Waals surface area contributed by atoms with Gasteiger partial charge in [-0.2, -0.15) is 4.31 Å². The van der Waals surface area contributed by atoms with Gasteiger partial charge in [-0.15, -0.1) is 0 Å². The predicted molar refractivity (Wildman–Crippen MR) is 111 cm³/mol. The second kappa shape index (κ2) is 8.42. The number of rotatable bonds is 7. The van der Waals surface area contributed by atoms with Crippen LogP contribution >= 0.6 is 15.9 Å². The minimum atomic E-state index is -3.53. The molecule has 0 saturated carbocycles. The molecule has 28 heavy (non-hydrogen) atoms. The summed E-state index contributed by atoms with van der Waals surface area (Å²) in [4.78, 5) is 17.0. The van der Waals surface area contributed by atoms with Crippen LogP contribution in [0, 0.1) is 0 Å². The molecule has 0 aliphatic carbocycles. The fourth-order valence-electron chi connectivity index (χ4n) is 2.87. The summed E-state index contributed by atoms with van der Waals surface area (Å²) in [6, 6.07) is 9.75. The molecule has 1 aromatic carbocycles. The van der Waals surface area contributed by atoms with Crippen LogP contribution in [0.3, 0.4) is 0 Å². The Morgan fingerprint density at radius 3 is 2.43 bits per heavy atom. The summed E-state index contributed by atoms with van der Waals surface area (Å²) in [5.74, 6) is -0.287. The van der Waals surface area contributed by atoms with Crippen LogP contribution in [0.2, 0.25) is 0 Å². The predicted octanol–water partition coefficient (Wildman–Crippen LogP) is 3.06. The van der Waals surface area contributed by atoms with Gasteiger partial charge in [0.15, 0.2) is 0 Å². The number of carbonyl (C=O) groups is 1. The van der Waals surface area contributed by atoms with E-state index in [0.29, 0.717) is 18.7 Å². The van der Waals surface area contributed by atoms with E-state index in [1.807, 2.05) is 28.9 Å². The van der Waals surface area contributed by atoms with Crippen LogP contribution in [0.1, 0.15) is 29.9 Å². The van der Waals surface area contributed by atoms with Crippen LogP contribution in [0.4, 0.5) is 0 Å². The minimum absolute atomic E-state index is 0.179. The number of hydrogen-bond donors (Lipinski definition) is 1. The first-order valence-electron chi connectivity index (χ1n) is 8.86. The van der Waals surface area contributed by atoms with Gasteiger partial charge in [0.25, 0.3) is 5.91 Å². The summed E-state index contributed by atoms with van der Waals surface area (Å²) in [5.41, 5.74) is 1.91. The van der Waals surface area contributed by atoms with Crippen LogP contribution in [-0.4, -0.2) is 41.1 Å². The summed E-state index contributed by atoms with van der Waals surface area (Å²) >= 11 is 3.41. The summed E-state index contributed by atoms with van der Waals surface area (Å²) < 4.78 is 29.2. The molecular weight excluding hydrogens is 444 g/mol. The van der Waals surface area contributed by atoms with Crippen molar-refractivity contribution in [2.24, 2.45) is 0 Å². The molecule has 3 rings (SSSR count). The molecule has 2 aromatic heterocycles. The first kappa shape index (κ1) is 20.5. The van der Waals surface area contributed by atoms with E-state index < -0.39 is 10.0 Å². The number of imidazole rings is 1. The second-order valence-electron chi connectivity index (χ2n) is 6.14. The van der Waals surface area contributed by atoms with Crippen molar-refractivity contribution < 1.29 is 13.2 Å². The molecular formula is C19H21BrN4O3S. The Balaban J connectivity index is 1.69. The zero-order valence-electron chi connectivity index (χ0n) is 15.6. The Morgan fingerprint density at radius 2 is 1.79 bits per heavy atom. The van der Waals surface area contributed by atoms with Gasteiger partial charge >= 0.3 is 0 Å². The monoisotopic (exact) mass is 464 g/mol. The number of amides is 1. The zero-order valence-corrected chi connectivity index (χ0v) is 18.0. The van der Waals surface area contributed by atoms with E-state index in [1.54, 1.807) is 13.8 Å². The molecule has 0 aliphatic heterocycles. The van der Waals surface area contributed by atoms with Gasteiger partial charge in [0.1, 0.15) is 5.65 Å². The molecule has 0 bridgehead atoms. The topological polar surface area (TPSA) is 83.8 Å². The number of hydrogen-bond acceptors (Lipinski definition) is 4. The molecule has 3 aromatic rings. The minimum Gasteiger partial charge on any atom is -0.346 e. The van der Waals surface area contributed by atoms with E-state index in [2.05, 4.69) is 26.2 Å². The largest absolute Gasteiger partial charge is 0.346 e. The Hall–Kier alpha value is -2.23. The lowest BCUT2D eigenvalue weighted by atomic mass is 10.2. The molecule has 148 valence electrons. The van der Waals surface area contributed by atoms with Crippen LogP contribution in [-0.2, 0) is 16.6 Å². The van der Waals surface area contributed by atoms with Crippen LogP contribution < -0.4 is 5.32 Å². The number of carbonyl (C=O) groups excluding carboxylic acids is 1. The number of benzene rings is 1. The van der Waals surface area contributed by atoms with Crippen molar-refractivity contribution in [3.63, 3.8) is 0 Å². The SMILES string of the molecule is CCN(CC)S(=O)(=O)c1ccc(C(=O)NCc2cn3cc(Br)ccc3n2)cc1. The van der Waals surface area contributed by atoms with Crippen molar-refractivity contribution in [1.82, 2.24) is 19.0 Å². The third-order valence-electron chi connectivity index (χ3n) is 4.35. The average molecular weight is 465 g/mol. The van der Waals surface area contributed by atoms with Crippen molar-refractivity contribution in [2.75, 3.05) is 13.1 Å². The molecule has 1 amide bonds. The molecule has 0 unspecified atom stereocenters. The lowest BCUT2D eigenvalue weighted by Crippen LogP contribution is -2.30. The molecule has 0 spiro atoms. The molecule has 0 radical (unpaired) electrons. The molecule has 7 nitrogen and oxygen atoms in total. The highest BCUT2D eigenvalue weighted by atomic mass is 79.9. The fraction of sp³-hybridized carbons (Fsp3) is 0.263. The number of pyridine rings is 1. The molecule has 0 saturated heterocycles. The van der Waals surface area contributed by atoms with Crippen molar-refractivity contribution in [1.29, 1.82) is 0 Å².